The van der Waals surface area contributed by atoms with Crippen LogP contribution in [0.2, 0.25) is 0 Å². The third-order valence-corrected chi connectivity index (χ3v) is 6.71. The van der Waals surface area contributed by atoms with Gasteiger partial charge >= 0.3 is 0 Å². The quantitative estimate of drug-likeness (QED) is 0.618. The van der Waals surface area contributed by atoms with Crippen molar-refractivity contribution in [2.24, 2.45) is 0 Å². The van der Waals surface area contributed by atoms with Crippen LogP contribution in [0.25, 0.3) is 11.0 Å². The number of carbonyl (C=O) groups excluding carboxylic acids is 1. The first kappa shape index (κ1) is 20.9. The van der Waals surface area contributed by atoms with Gasteiger partial charge in [-0.05, 0) is 43.7 Å². The summed E-state index contributed by atoms with van der Waals surface area (Å²) in [7, 11) is -2.32. The fourth-order valence-electron chi connectivity index (χ4n) is 3.03. The topological polar surface area (TPSA) is 80.2 Å². The Morgan fingerprint density at radius 3 is 2.41 bits per heavy atom. The molecule has 1 heterocycles. The van der Waals surface area contributed by atoms with Crippen LogP contribution in [0.4, 0.5) is 4.39 Å². The summed E-state index contributed by atoms with van der Waals surface area (Å²) in [6.45, 7) is 3.18. The number of benzene rings is 2. The number of amides is 1. The lowest BCUT2D eigenvalue weighted by molar-refractivity contribution is -0.129. The molecular formula is C21H22FN3O3S. The second-order valence-electron chi connectivity index (χ2n) is 7.02. The molecule has 0 bridgehead atoms. The predicted molar refractivity (Wildman–Crippen MR) is 109 cm³/mol. The van der Waals surface area contributed by atoms with Crippen molar-refractivity contribution >= 4 is 26.8 Å². The van der Waals surface area contributed by atoms with E-state index in [4.69, 9.17) is 0 Å². The van der Waals surface area contributed by atoms with Crippen molar-refractivity contribution in [2.45, 2.75) is 31.4 Å². The van der Waals surface area contributed by atoms with Gasteiger partial charge < -0.3 is 4.90 Å². The van der Waals surface area contributed by atoms with Gasteiger partial charge in [0.15, 0.2) is 9.84 Å². The maximum Gasteiger partial charge on any atom is 0.240 e. The molecule has 0 N–H and O–H groups in total. The first-order chi connectivity index (χ1) is 13.7. The molecule has 1 aromatic heterocycles. The number of carbonyl (C=O) groups is 1. The molecule has 3 aromatic rings. The highest BCUT2D eigenvalue weighted by Gasteiger charge is 2.31. The molecule has 0 aliphatic carbocycles. The highest BCUT2D eigenvalue weighted by atomic mass is 32.2. The van der Waals surface area contributed by atoms with Gasteiger partial charge in [-0.3, -0.25) is 4.79 Å². The number of aromatic nitrogens is 2. The lowest BCUT2D eigenvalue weighted by Crippen LogP contribution is -2.39. The minimum absolute atomic E-state index is 0.116. The second kappa shape index (κ2) is 8.24. The van der Waals surface area contributed by atoms with E-state index >= 15 is 0 Å². The third-order valence-electron chi connectivity index (χ3n) is 4.75. The van der Waals surface area contributed by atoms with E-state index in [1.165, 1.54) is 31.0 Å². The maximum absolute atomic E-state index is 13.3. The van der Waals surface area contributed by atoms with Crippen LogP contribution in [0, 0.1) is 12.7 Å². The van der Waals surface area contributed by atoms with Crippen molar-refractivity contribution in [1.82, 2.24) is 14.9 Å². The van der Waals surface area contributed by atoms with Gasteiger partial charge in [-0.15, -0.1) is 0 Å². The molecule has 152 valence electrons. The van der Waals surface area contributed by atoms with Gasteiger partial charge in [0.05, 0.1) is 28.2 Å². The van der Waals surface area contributed by atoms with Crippen molar-refractivity contribution in [3.05, 3.63) is 71.3 Å². The molecule has 2 aromatic carbocycles. The predicted octanol–water partition coefficient (Wildman–Crippen LogP) is 3.04. The first-order valence-corrected chi connectivity index (χ1v) is 10.8. The summed E-state index contributed by atoms with van der Waals surface area (Å²) < 4.78 is 39.1. The van der Waals surface area contributed by atoms with Crippen LogP contribution >= 0.6 is 0 Å². The van der Waals surface area contributed by atoms with Crippen molar-refractivity contribution in [3.8, 4) is 0 Å². The standard InChI is InChI=1S/C21H22FN3O3S/c1-14-20(24-19-10-5-4-9-18(19)23-14)13-29(27,28)15(2)21(26)25(3)12-16-7-6-8-17(22)11-16/h4-11,15H,12-13H2,1-3H3/t15-/m0/s1. The van der Waals surface area contributed by atoms with Crippen LogP contribution in [0.5, 0.6) is 0 Å². The summed E-state index contributed by atoms with van der Waals surface area (Å²) in [5, 5.41) is -1.26. The Bertz CT molecular complexity index is 1160. The SMILES string of the molecule is Cc1nc2ccccc2nc1CS(=O)(=O)[C@@H](C)C(=O)N(C)Cc1cccc(F)c1. The zero-order valence-electron chi connectivity index (χ0n) is 16.5. The van der Waals surface area contributed by atoms with Gasteiger partial charge in [-0.25, -0.2) is 22.8 Å². The van der Waals surface area contributed by atoms with Gasteiger partial charge in [-0.2, -0.15) is 0 Å². The molecule has 0 aliphatic rings. The Labute approximate surface area is 169 Å². The average molecular weight is 415 g/mol. The molecule has 0 radical (unpaired) electrons. The van der Waals surface area contributed by atoms with Crippen LogP contribution in [0.15, 0.2) is 48.5 Å². The molecule has 6 nitrogen and oxygen atoms in total. The number of para-hydroxylation sites is 2. The molecule has 0 unspecified atom stereocenters. The monoisotopic (exact) mass is 415 g/mol. The normalized spacial score (nSPS) is 12.7. The molecule has 29 heavy (non-hydrogen) atoms. The zero-order chi connectivity index (χ0) is 21.2. The van der Waals surface area contributed by atoms with Gasteiger partial charge in [0.25, 0.3) is 0 Å². The summed E-state index contributed by atoms with van der Waals surface area (Å²) in [6.07, 6.45) is 0. The largest absolute Gasteiger partial charge is 0.340 e. The first-order valence-electron chi connectivity index (χ1n) is 9.10. The van der Waals surface area contributed by atoms with E-state index < -0.39 is 26.8 Å². The molecule has 1 atom stereocenters. The number of hydrogen-bond acceptors (Lipinski definition) is 5. The van der Waals surface area contributed by atoms with Crippen molar-refractivity contribution in [3.63, 3.8) is 0 Å². The smallest absolute Gasteiger partial charge is 0.240 e. The zero-order valence-corrected chi connectivity index (χ0v) is 17.3. The Hall–Kier alpha value is -2.87. The number of fused-ring (bicyclic) bond motifs is 1. The summed E-state index contributed by atoms with van der Waals surface area (Å²) >= 11 is 0. The van der Waals surface area contributed by atoms with Gasteiger partial charge in [0, 0.05) is 13.6 Å². The molecule has 0 saturated heterocycles. The Morgan fingerprint density at radius 2 is 1.76 bits per heavy atom. The van der Waals surface area contributed by atoms with E-state index in [-0.39, 0.29) is 12.3 Å². The molecular weight excluding hydrogens is 393 g/mol. The van der Waals surface area contributed by atoms with Gasteiger partial charge in [0.2, 0.25) is 5.91 Å². The highest BCUT2D eigenvalue weighted by molar-refractivity contribution is 7.92. The van der Waals surface area contributed by atoms with Crippen LogP contribution in [-0.2, 0) is 26.9 Å². The van der Waals surface area contributed by atoms with E-state index in [1.54, 1.807) is 37.3 Å². The number of aryl methyl sites for hydroxylation is 1. The van der Waals surface area contributed by atoms with E-state index in [2.05, 4.69) is 9.97 Å². The van der Waals surface area contributed by atoms with Gasteiger partial charge in [0.1, 0.15) is 11.1 Å². The average Bonchev–Trinajstić information content (AvgIpc) is 2.67. The Kier molecular flexibility index (Phi) is 5.93. The maximum atomic E-state index is 13.3. The Morgan fingerprint density at radius 1 is 1.10 bits per heavy atom. The number of nitrogens with zero attached hydrogens (tertiary/aromatic N) is 3. The van der Waals surface area contributed by atoms with E-state index in [0.29, 0.717) is 28.0 Å². The molecule has 0 fully saturated rings. The van der Waals surface area contributed by atoms with Crippen molar-refractivity contribution in [2.75, 3.05) is 7.05 Å². The summed E-state index contributed by atoms with van der Waals surface area (Å²) in [6, 6.07) is 13.1. The number of hydrogen-bond donors (Lipinski definition) is 0. The molecule has 0 saturated carbocycles. The minimum Gasteiger partial charge on any atom is -0.340 e. The van der Waals surface area contributed by atoms with Crippen LogP contribution < -0.4 is 0 Å². The lowest BCUT2D eigenvalue weighted by atomic mass is 10.2. The van der Waals surface area contributed by atoms with Crippen molar-refractivity contribution < 1.29 is 17.6 Å². The fourth-order valence-corrected chi connectivity index (χ4v) is 4.42. The van der Waals surface area contributed by atoms with E-state index in [0.717, 1.165) is 0 Å². The molecule has 3 rings (SSSR count). The Balaban J connectivity index is 1.77. The highest BCUT2D eigenvalue weighted by Crippen LogP contribution is 2.18. The van der Waals surface area contributed by atoms with Crippen LogP contribution in [0.1, 0.15) is 23.9 Å². The molecule has 8 heteroatoms. The van der Waals surface area contributed by atoms with Crippen LogP contribution in [-0.4, -0.2) is 41.5 Å². The van der Waals surface area contributed by atoms with Crippen LogP contribution in [0.3, 0.4) is 0 Å². The van der Waals surface area contributed by atoms with E-state index in [1.807, 2.05) is 6.07 Å². The summed E-state index contributed by atoms with van der Waals surface area (Å²) in [5.41, 5.74) is 2.72. The second-order valence-corrected chi connectivity index (χ2v) is 9.34. The van der Waals surface area contributed by atoms with E-state index in [9.17, 15) is 17.6 Å². The molecule has 1 amide bonds. The lowest BCUT2D eigenvalue weighted by Gasteiger charge is -2.22. The number of halogens is 1. The number of sulfone groups is 1. The fraction of sp³-hybridized carbons (Fsp3) is 0.286. The van der Waals surface area contributed by atoms with Crippen molar-refractivity contribution in [1.29, 1.82) is 0 Å². The summed E-state index contributed by atoms with van der Waals surface area (Å²) in [5.74, 6) is -1.34. The third kappa shape index (κ3) is 4.76. The molecule has 0 aliphatic heterocycles. The number of rotatable bonds is 6. The summed E-state index contributed by atoms with van der Waals surface area (Å²) in [4.78, 5) is 22.8. The van der Waals surface area contributed by atoms with Gasteiger partial charge in [-0.1, -0.05) is 24.3 Å². The minimum atomic E-state index is -3.82. The molecule has 0 spiro atoms.